The molecule has 0 spiro atoms. The molecule has 0 aliphatic rings. The molecule has 0 amide bonds. The van der Waals surface area contributed by atoms with Crippen molar-refractivity contribution in [3.63, 3.8) is 0 Å². The molecule has 1 aromatic carbocycles. The fourth-order valence-electron chi connectivity index (χ4n) is 2.25. The first-order valence-electron chi connectivity index (χ1n) is 7.03. The number of aryl methyl sites for hydroxylation is 1. The van der Waals surface area contributed by atoms with Crippen LogP contribution in [0.3, 0.4) is 0 Å². The van der Waals surface area contributed by atoms with Crippen molar-refractivity contribution in [2.45, 2.75) is 39.2 Å². The van der Waals surface area contributed by atoms with Gasteiger partial charge in [-0.1, -0.05) is 44.5 Å². The van der Waals surface area contributed by atoms with E-state index in [-0.39, 0.29) is 6.04 Å². The molecule has 2 rings (SSSR count). The molecule has 4 heteroatoms. The lowest BCUT2D eigenvalue weighted by Gasteiger charge is -2.17. The van der Waals surface area contributed by atoms with Gasteiger partial charge in [-0.05, 0) is 30.5 Å². The molecule has 1 heterocycles. The van der Waals surface area contributed by atoms with Crippen molar-refractivity contribution in [3.8, 4) is 0 Å². The monoisotopic (exact) mass is 258 g/mol. The average Bonchev–Trinajstić information content (AvgIpc) is 2.94. The molecule has 102 valence electrons. The molecule has 19 heavy (non-hydrogen) atoms. The zero-order chi connectivity index (χ0) is 13.5. The smallest absolute Gasteiger partial charge is 0.104 e. The number of rotatable bonds is 7. The van der Waals surface area contributed by atoms with Crippen molar-refractivity contribution in [2.24, 2.45) is 0 Å². The Balaban J connectivity index is 2.24. The van der Waals surface area contributed by atoms with Gasteiger partial charge in [0.1, 0.15) is 5.69 Å². The lowest BCUT2D eigenvalue weighted by atomic mass is 10.00. The molecule has 0 aliphatic carbocycles. The number of nitrogens with one attached hydrogen (secondary N) is 2. The third-order valence-electron chi connectivity index (χ3n) is 3.15. The summed E-state index contributed by atoms with van der Waals surface area (Å²) in [5, 5.41) is 14.4. The van der Waals surface area contributed by atoms with Crippen molar-refractivity contribution in [1.82, 2.24) is 20.7 Å². The molecule has 0 fully saturated rings. The summed E-state index contributed by atoms with van der Waals surface area (Å²) in [5.74, 6) is 0. The van der Waals surface area contributed by atoms with Crippen LogP contribution in [-0.4, -0.2) is 22.0 Å². The summed E-state index contributed by atoms with van der Waals surface area (Å²) < 4.78 is 0. The van der Waals surface area contributed by atoms with E-state index in [0.29, 0.717) is 0 Å². The van der Waals surface area contributed by atoms with E-state index in [9.17, 15) is 0 Å². The van der Waals surface area contributed by atoms with E-state index in [0.717, 1.165) is 25.1 Å². The maximum absolute atomic E-state index is 4.22. The second-order valence-electron chi connectivity index (χ2n) is 4.78. The Morgan fingerprint density at radius 2 is 2.16 bits per heavy atom. The molecule has 0 saturated heterocycles. The molecule has 4 nitrogen and oxygen atoms in total. The van der Waals surface area contributed by atoms with Gasteiger partial charge in [0.25, 0.3) is 0 Å². The Bertz CT molecular complexity index is 479. The van der Waals surface area contributed by atoms with Gasteiger partial charge in [-0.3, -0.25) is 0 Å². The minimum absolute atomic E-state index is 0.121. The number of hydrogen-bond donors (Lipinski definition) is 2. The van der Waals surface area contributed by atoms with Crippen molar-refractivity contribution in [2.75, 3.05) is 6.54 Å². The van der Waals surface area contributed by atoms with Crippen molar-refractivity contribution >= 4 is 0 Å². The highest BCUT2D eigenvalue weighted by molar-refractivity contribution is 5.30. The average molecular weight is 258 g/mol. The van der Waals surface area contributed by atoms with E-state index >= 15 is 0 Å². The van der Waals surface area contributed by atoms with Crippen molar-refractivity contribution in [1.29, 1.82) is 0 Å². The highest BCUT2D eigenvalue weighted by Crippen LogP contribution is 2.21. The van der Waals surface area contributed by atoms with Gasteiger partial charge in [-0.15, -0.1) is 0 Å². The van der Waals surface area contributed by atoms with E-state index in [1.807, 2.05) is 0 Å². The number of H-pyrrole nitrogens is 1. The van der Waals surface area contributed by atoms with Crippen LogP contribution < -0.4 is 5.32 Å². The summed E-state index contributed by atoms with van der Waals surface area (Å²) in [7, 11) is 0. The van der Waals surface area contributed by atoms with E-state index in [1.54, 1.807) is 6.20 Å². The van der Waals surface area contributed by atoms with Crippen LogP contribution in [0.15, 0.2) is 30.5 Å². The first-order valence-corrected chi connectivity index (χ1v) is 7.03. The van der Waals surface area contributed by atoms with Gasteiger partial charge < -0.3 is 5.32 Å². The normalized spacial score (nSPS) is 12.5. The van der Waals surface area contributed by atoms with Crippen molar-refractivity contribution in [3.05, 3.63) is 47.3 Å². The third kappa shape index (κ3) is 3.64. The fraction of sp³-hybridized carbons (Fsp3) is 0.467. The van der Waals surface area contributed by atoms with Gasteiger partial charge in [0, 0.05) is 0 Å². The van der Waals surface area contributed by atoms with Gasteiger partial charge in [0.2, 0.25) is 0 Å². The first kappa shape index (κ1) is 13.7. The molecule has 0 bridgehead atoms. The van der Waals surface area contributed by atoms with Crippen LogP contribution in [0.25, 0.3) is 0 Å². The summed E-state index contributed by atoms with van der Waals surface area (Å²) in [5.41, 5.74) is 3.59. The topological polar surface area (TPSA) is 53.6 Å². The first-order chi connectivity index (χ1) is 9.35. The quantitative estimate of drug-likeness (QED) is 0.803. The second-order valence-corrected chi connectivity index (χ2v) is 4.78. The molecule has 0 aliphatic heterocycles. The van der Waals surface area contributed by atoms with Crippen LogP contribution >= 0.6 is 0 Å². The third-order valence-corrected chi connectivity index (χ3v) is 3.15. The largest absolute Gasteiger partial charge is 0.305 e. The number of aromatic nitrogens is 3. The van der Waals surface area contributed by atoms with Crippen LogP contribution in [0.5, 0.6) is 0 Å². The van der Waals surface area contributed by atoms with E-state index in [1.165, 1.54) is 17.5 Å². The van der Waals surface area contributed by atoms with Gasteiger partial charge in [-0.25, -0.2) is 0 Å². The molecule has 2 aromatic rings. The number of nitrogens with zero attached hydrogens (tertiary/aromatic N) is 2. The summed E-state index contributed by atoms with van der Waals surface area (Å²) in [4.78, 5) is 0. The maximum Gasteiger partial charge on any atom is 0.104 e. The highest BCUT2D eigenvalue weighted by Gasteiger charge is 2.16. The Hall–Kier alpha value is -1.68. The van der Waals surface area contributed by atoms with Crippen LogP contribution in [0.4, 0.5) is 0 Å². The SMILES string of the molecule is CCCNC(c1cccc(CCC)c1)c1cn[nH]n1. The predicted molar refractivity (Wildman–Crippen MR) is 77.0 cm³/mol. The summed E-state index contributed by atoms with van der Waals surface area (Å²) >= 11 is 0. The van der Waals surface area contributed by atoms with E-state index < -0.39 is 0 Å². The summed E-state index contributed by atoms with van der Waals surface area (Å²) in [6, 6.07) is 8.86. The number of aromatic amines is 1. The Labute approximate surface area is 114 Å². The van der Waals surface area contributed by atoms with E-state index in [4.69, 9.17) is 0 Å². The van der Waals surface area contributed by atoms with Crippen LogP contribution in [0.1, 0.15) is 49.6 Å². The zero-order valence-corrected chi connectivity index (χ0v) is 11.7. The minimum atomic E-state index is 0.121. The lowest BCUT2D eigenvalue weighted by molar-refractivity contribution is 0.584. The summed E-state index contributed by atoms with van der Waals surface area (Å²) in [6.45, 7) is 5.34. The minimum Gasteiger partial charge on any atom is -0.305 e. The van der Waals surface area contributed by atoms with E-state index in [2.05, 4.69) is 58.8 Å². The second kappa shape index (κ2) is 7.04. The molecule has 2 N–H and O–H groups in total. The van der Waals surface area contributed by atoms with Gasteiger partial charge >= 0.3 is 0 Å². The molecule has 1 unspecified atom stereocenters. The number of benzene rings is 1. The predicted octanol–water partition coefficient (Wildman–Crippen LogP) is 2.85. The van der Waals surface area contributed by atoms with Crippen molar-refractivity contribution < 1.29 is 0 Å². The maximum atomic E-state index is 4.22. The number of hydrogen-bond acceptors (Lipinski definition) is 3. The highest BCUT2D eigenvalue weighted by atomic mass is 15.3. The molecule has 1 aromatic heterocycles. The summed E-state index contributed by atoms with van der Waals surface area (Å²) in [6.07, 6.45) is 5.18. The van der Waals surface area contributed by atoms with Crippen LogP contribution in [0.2, 0.25) is 0 Å². The molecular formula is C15H22N4. The van der Waals surface area contributed by atoms with Gasteiger partial charge in [0.05, 0.1) is 12.2 Å². The van der Waals surface area contributed by atoms with Crippen LogP contribution in [0, 0.1) is 0 Å². The van der Waals surface area contributed by atoms with Gasteiger partial charge in [0.15, 0.2) is 0 Å². The molecular weight excluding hydrogens is 236 g/mol. The van der Waals surface area contributed by atoms with Gasteiger partial charge in [-0.2, -0.15) is 15.4 Å². The zero-order valence-electron chi connectivity index (χ0n) is 11.7. The Kier molecular flexibility index (Phi) is 5.10. The Morgan fingerprint density at radius 3 is 2.84 bits per heavy atom. The molecule has 0 radical (unpaired) electrons. The van der Waals surface area contributed by atoms with Crippen LogP contribution in [-0.2, 0) is 6.42 Å². The molecule has 0 saturated carbocycles. The Morgan fingerprint density at radius 1 is 1.26 bits per heavy atom. The standard InChI is InChI=1S/C15H22N4/c1-3-6-12-7-5-8-13(10-12)15(16-9-4-2)14-11-17-19-18-14/h5,7-8,10-11,15-16H,3-4,6,9H2,1-2H3,(H,17,18,19). The lowest BCUT2D eigenvalue weighted by Crippen LogP contribution is -2.23. The fourth-order valence-corrected chi connectivity index (χ4v) is 2.25. The molecule has 1 atom stereocenters.